The van der Waals surface area contributed by atoms with Crippen molar-refractivity contribution in [3.63, 3.8) is 0 Å². The van der Waals surface area contributed by atoms with E-state index in [2.05, 4.69) is 146 Å². The minimum Gasteiger partial charge on any atom is -0.456 e. The molecule has 56 heavy (non-hydrogen) atoms. The van der Waals surface area contributed by atoms with Crippen molar-refractivity contribution in [2.75, 3.05) is 0 Å². The summed E-state index contributed by atoms with van der Waals surface area (Å²) in [7, 11) is 0. The molecule has 0 unspecified atom stereocenters. The molecule has 0 radical (unpaired) electrons. The second kappa shape index (κ2) is 12.4. The number of aryl methyl sites for hydroxylation is 2. The number of allylic oxidation sites excluding steroid dienone is 2. The molecule has 0 atom stereocenters. The number of fused-ring (bicyclic) bond motifs is 10. The Morgan fingerprint density at radius 3 is 2.20 bits per heavy atom. The average Bonchev–Trinajstić information content (AvgIpc) is 3.84. The third kappa shape index (κ3) is 5.01. The lowest BCUT2D eigenvalue weighted by atomic mass is 9.86. The first-order chi connectivity index (χ1) is 27.7. The Hall–Kier alpha value is -6.69. The van der Waals surface area contributed by atoms with Gasteiger partial charge in [0, 0.05) is 37.0 Å². The lowest BCUT2D eigenvalue weighted by Gasteiger charge is -2.19. The van der Waals surface area contributed by atoms with Gasteiger partial charge in [0.2, 0.25) is 0 Å². The molecule has 7 aromatic carbocycles. The maximum atomic E-state index is 6.24. The summed E-state index contributed by atoms with van der Waals surface area (Å²) in [4.78, 5) is 17.1. The van der Waals surface area contributed by atoms with E-state index in [0.717, 1.165) is 64.8 Å². The van der Waals surface area contributed by atoms with Gasteiger partial charge in [0.1, 0.15) is 11.2 Å². The first-order valence-electron chi connectivity index (χ1n) is 19.4. The van der Waals surface area contributed by atoms with Crippen LogP contribution in [0.3, 0.4) is 0 Å². The van der Waals surface area contributed by atoms with Gasteiger partial charge in [-0.2, -0.15) is 0 Å². The number of furan rings is 1. The Morgan fingerprint density at radius 1 is 0.536 bits per heavy atom. The number of nitrogens with zero attached hydrogens (tertiary/aromatic N) is 3. The van der Waals surface area contributed by atoms with Crippen molar-refractivity contribution in [3.05, 3.63) is 179 Å². The number of rotatable bonds is 4. The van der Waals surface area contributed by atoms with Crippen LogP contribution in [0, 0.1) is 0 Å². The van der Waals surface area contributed by atoms with Crippen LogP contribution in [0.5, 0.6) is 0 Å². The summed E-state index contributed by atoms with van der Waals surface area (Å²) in [5.74, 6) is 2.12. The highest BCUT2D eigenvalue weighted by molar-refractivity contribution is 7.20. The van der Waals surface area contributed by atoms with Crippen LogP contribution in [0.4, 0.5) is 0 Å². The summed E-state index contributed by atoms with van der Waals surface area (Å²) in [6, 6.07) is 49.8. The Kier molecular flexibility index (Phi) is 7.02. The van der Waals surface area contributed by atoms with Crippen molar-refractivity contribution < 1.29 is 4.42 Å². The minimum absolute atomic E-state index is 0.689. The van der Waals surface area contributed by atoms with E-state index >= 15 is 0 Å². The Labute approximate surface area is 327 Å². The van der Waals surface area contributed by atoms with Gasteiger partial charge < -0.3 is 4.42 Å². The van der Waals surface area contributed by atoms with E-state index in [9.17, 15) is 0 Å². The highest BCUT2D eigenvalue weighted by Crippen LogP contribution is 2.43. The van der Waals surface area contributed by atoms with Gasteiger partial charge in [0.25, 0.3) is 0 Å². The Balaban J connectivity index is 0.991. The van der Waals surface area contributed by atoms with Crippen LogP contribution in [0.2, 0.25) is 0 Å². The molecule has 264 valence electrons. The van der Waals surface area contributed by atoms with Crippen molar-refractivity contribution >= 4 is 82.1 Å². The summed E-state index contributed by atoms with van der Waals surface area (Å²) in [6.07, 6.45) is 8.54. The number of para-hydroxylation sites is 1. The molecule has 12 rings (SSSR count). The van der Waals surface area contributed by atoms with E-state index in [-0.39, 0.29) is 0 Å². The number of aromatic nitrogens is 3. The van der Waals surface area contributed by atoms with E-state index in [1.165, 1.54) is 69.7 Å². The SMILES string of the molecule is C1=C(c2nc(-c3ccc4c(c3)CCC(c3cccc5oc6ccccc6c35)=C4)nc(-c3ccc4c(ccc5ccccc54)c3)n2)c2sc3ccccc3c2CC1. The lowest BCUT2D eigenvalue weighted by molar-refractivity contribution is 0.669. The van der Waals surface area contributed by atoms with Crippen LogP contribution >= 0.6 is 11.3 Å². The third-order valence-corrected chi connectivity index (χ3v) is 13.0. The zero-order valence-electron chi connectivity index (χ0n) is 30.4. The van der Waals surface area contributed by atoms with Crippen molar-refractivity contribution in [3.8, 4) is 22.8 Å². The Bertz CT molecular complexity index is 3330. The van der Waals surface area contributed by atoms with Crippen LogP contribution < -0.4 is 0 Å². The highest BCUT2D eigenvalue weighted by atomic mass is 32.1. The molecule has 2 aliphatic rings. The molecule has 0 spiro atoms. The predicted molar refractivity (Wildman–Crippen MR) is 233 cm³/mol. The van der Waals surface area contributed by atoms with Gasteiger partial charge in [-0.25, -0.2) is 15.0 Å². The van der Waals surface area contributed by atoms with Gasteiger partial charge in [0.05, 0.1) is 0 Å². The van der Waals surface area contributed by atoms with Gasteiger partial charge in [-0.05, 0) is 111 Å². The zero-order chi connectivity index (χ0) is 36.7. The number of benzene rings is 7. The van der Waals surface area contributed by atoms with E-state index < -0.39 is 0 Å². The molecule has 2 aliphatic carbocycles. The third-order valence-electron chi connectivity index (χ3n) is 11.7. The fourth-order valence-electron chi connectivity index (χ4n) is 9.00. The zero-order valence-corrected chi connectivity index (χ0v) is 31.2. The first-order valence-corrected chi connectivity index (χ1v) is 20.2. The summed E-state index contributed by atoms with van der Waals surface area (Å²) in [6.45, 7) is 0. The van der Waals surface area contributed by atoms with Crippen molar-refractivity contribution in [1.82, 2.24) is 15.0 Å². The monoisotopic (exact) mass is 735 g/mol. The summed E-state index contributed by atoms with van der Waals surface area (Å²) >= 11 is 1.85. The summed E-state index contributed by atoms with van der Waals surface area (Å²) in [5.41, 5.74) is 11.5. The van der Waals surface area contributed by atoms with Gasteiger partial charge in [-0.3, -0.25) is 0 Å². The number of hydrogen-bond acceptors (Lipinski definition) is 5. The summed E-state index contributed by atoms with van der Waals surface area (Å²) < 4.78 is 7.54. The molecular weight excluding hydrogens is 703 g/mol. The highest BCUT2D eigenvalue weighted by Gasteiger charge is 2.24. The van der Waals surface area contributed by atoms with E-state index in [1.54, 1.807) is 0 Å². The van der Waals surface area contributed by atoms with Crippen LogP contribution in [-0.4, -0.2) is 15.0 Å². The second-order valence-electron chi connectivity index (χ2n) is 15.0. The molecule has 0 N–H and O–H groups in total. The van der Waals surface area contributed by atoms with E-state index in [1.807, 2.05) is 17.4 Å². The standard InChI is InChI=1S/C51H33N3OS/c1-2-10-37-30(9-1)19-22-33-29-36(25-26-38(33)37)50-52-49(53-51(54-50)43-15-7-14-41-40-11-4-6-18-46(40)56-48(41)43)35-24-21-31-27-34(23-20-32(31)28-35)39-13-8-17-45-47(39)42-12-3-5-16-44(42)55-45/h1-6,8-13,15-19,21-22,24-29H,7,14,20,23H2. The van der Waals surface area contributed by atoms with E-state index in [4.69, 9.17) is 19.4 Å². The van der Waals surface area contributed by atoms with Crippen molar-refractivity contribution in [2.45, 2.75) is 25.7 Å². The van der Waals surface area contributed by atoms with Gasteiger partial charge >= 0.3 is 0 Å². The molecule has 0 saturated heterocycles. The van der Waals surface area contributed by atoms with Gasteiger partial charge in [0.15, 0.2) is 17.5 Å². The largest absolute Gasteiger partial charge is 0.456 e. The minimum atomic E-state index is 0.689. The molecule has 4 nitrogen and oxygen atoms in total. The molecule has 0 fully saturated rings. The fourth-order valence-corrected chi connectivity index (χ4v) is 10.3. The van der Waals surface area contributed by atoms with Gasteiger partial charge in [-0.15, -0.1) is 11.3 Å². The molecule has 5 heteroatoms. The van der Waals surface area contributed by atoms with Crippen LogP contribution in [-0.2, 0) is 12.8 Å². The number of thiophene rings is 1. The smallest absolute Gasteiger partial charge is 0.165 e. The fraction of sp³-hybridized carbons (Fsp3) is 0.0784. The maximum absolute atomic E-state index is 6.24. The van der Waals surface area contributed by atoms with Crippen molar-refractivity contribution in [1.29, 1.82) is 0 Å². The van der Waals surface area contributed by atoms with E-state index in [0.29, 0.717) is 11.6 Å². The normalized spacial score (nSPS) is 14.0. The first kappa shape index (κ1) is 31.6. The molecule has 3 heterocycles. The molecule has 10 aromatic rings. The quantitative estimate of drug-likeness (QED) is 0.169. The summed E-state index contributed by atoms with van der Waals surface area (Å²) in [5, 5.41) is 8.59. The molecule has 0 amide bonds. The molecule has 0 saturated carbocycles. The topological polar surface area (TPSA) is 51.8 Å². The molecule has 0 bridgehead atoms. The molecule has 3 aromatic heterocycles. The maximum Gasteiger partial charge on any atom is 0.165 e. The van der Waals surface area contributed by atoms with Crippen molar-refractivity contribution in [2.24, 2.45) is 0 Å². The average molecular weight is 736 g/mol. The Morgan fingerprint density at radius 2 is 1.27 bits per heavy atom. The number of hydrogen-bond donors (Lipinski definition) is 0. The molecular formula is C51H33N3OS. The van der Waals surface area contributed by atoms with Crippen LogP contribution in [0.1, 0.15) is 45.8 Å². The second-order valence-corrected chi connectivity index (χ2v) is 16.0. The van der Waals surface area contributed by atoms with Crippen LogP contribution in [0.15, 0.2) is 150 Å². The van der Waals surface area contributed by atoms with Gasteiger partial charge in [-0.1, -0.05) is 121 Å². The van der Waals surface area contributed by atoms with Crippen LogP contribution in [0.25, 0.3) is 93.6 Å². The lowest BCUT2D eigenvalue weighted by Crippen LogP contribution is -2.06. The predicted octanol–water partition coefficient (Wildman–Crippen LogP) is 13.5. The molecule has 0 aliphatic heterocycles.